The molecule has 0 saturated heterocycles. The summed E-state index contributed by atoms with van der Waals surface area (Å²) in [6.45, 7) is 14.4. The summed E-state index contributed by atoms with van der Waals surface area (Å²) < 4.78 is 7.74. The highest BCUT2D eigenvalue weighted by atomic mass is 15.0. The molecular formula is C124H92N6. The fourth-order valence-corrected chi connectivity index (χ4v) is 22.7. The molecule has 618 valence electrons. The van der Waals surface area contributed by atoms with E-state index >= 15 is 0 Å². The first-order valence-corrected chi connectivity index (χ1v) is 45.8. The van der Waals surface area contributed by atoms with E-state index in [1.807, 2.05) is 30.7 Å². The molecule has 0 radical (unpaired) electrons. The number of benzene rings is 16. The normalized spacial score (nSPS) is 13.6. The molecule has 6 heterocycles. The molecule has 3 aliphatic rings. The van der Waals surface area contributed by atoms with Crippen molar-refractivity contribution in [2.75, 3.05) is 0 Å². The highest BCUT2D eigenvalue weighted by molar-refractivity contribution is 6.15. The lowest BCUT2D eigenvalue weighted by molar-refractivity contribution is 0.661. The van der Waals surface area contributed by atoms with Gasteiger partial charge in [-0.1, -0.05) is 315 Å². The van der Waals surface area contributed by atoms with Crippen molar-refractivity contribution in [2.24, 2.45) is 0 Å². The zero-order valence-electron chi connectivity index (χ0n) is 73.6. The molecule has 0 aliphatic heterocycles. The lowest BCUT2D eigenvalue weighted by Gasteiger charge is -2.22. The van der Waals surface area contributed by atoms with E-state index in [9.17, 15) is 0 Å². The van der Waals surface area contributed by atoms with E-state index in [2.05, 4.69) is 425 Å². The van der Waals surface area contributed by atoms with Gasteiger partial charge in [-0.2, -0.15) is 0 Å². The Morgan fingerprint density at radius 1 is 0.192 bits per heavy atom. The van der Waals surface area contributed by atoms with E-state index in [0.717, 1.165) is 110 Å². The zero-order valence-corrected chi connectivity index (χ0v) is 73.6. The second-order valence-corrected chi connectivity index (χ2v) is 37.6. The lowest BCUT2D eigenvalue weighted by atomic mass is 9.82. The molecule has 0 amide bonds. The molecule has 0 fully saturated rings. The van der Waals surface area contributed by atoms with Crippen LogP contribution < -0.4 is 0 Å². The Kier molecular flexibility index (Phi) is 17.6. The van der Waals surface area contributed by atoms with Crippen molar-refractivity contribution in [1.29, 1.82) is 0 Å². The van der Waals surface area contributed by atoms with Crippen molar-refractivity contribution < 1.29 is 0 Å². The second kappa shape index (κ2) is 29.7. The minimum absolute atomic E-state index is 0.203. The summed E-state index contributed by atoms with van der Waals surface area (Å²) in [6, 6.07) is 144. The molecule has 0 spiro atoms. The number of nitrogens with zero attached hydrogens (tertiary/aromatic N) is 6. The highest BCUT2D eigenvalue weighted by Gasteiger charge is 2.40. The van der Waals surface area contributed by atoms with Gasteiger partial charge in [-0.15, -0.1) is 0 Å². The second-order valence-electron chi connectivity index (χ2n) is 37.6. The Morgan fingerprint density at radius 3 is 1.02 bits per heavy atom. The average molecular weight is 1670 g/mol. The Labute approximate surface area is 757 Å². The van der Waals surface area contributed by atoms with Gasteiger partial charge in [0.2, 0.25) is 0 Å². The first-order valence-electron chi connectivity index (χ1n) is 45.8. The lowest BCUT2D eigenvalue weighted by Crippen LogP contribution is -2.15. The van der Waals surface area contributed by atoms with Crippen molar-refractivity contribution in [2.45, 2.75) is 83.5 Å². The number of para-hydroxylation sites is 3. The SMILES string of the molecule is CC1(C)c2ccccc2-c2cc3c4ccccc4n(-c4cc(-c5ccccn5)ccc4CCc4cc(CCc5ccc(-c6ccccn6)cc5-n5c6ccccc6c6cc7c(cc65)C(C)(C)c5ccccc5-7)cc(-c5ccccc5-c5ccc(-c6cc(-c7ccc(-c8ccccc8)cc7)ccn6)cc5-n5c6ccccc6c6cc7c(cc65)C(C)(C)c5ccccc5-7)c4)c3cc21. The number of hydrogen-bond donors (Lipinski definition) is 0. The molecule has 6 nitrogen and oxygen atoms in total. The van der Waals surface area contributed by atoms with Gasteiger partial charge >= 0.3 is 0 Å². The minimum atomic E-state index is -0.243. The minimum Gasteiger partial charge on any atom is -0.309 e. The number of hydrogen-bond acceptors (Lipinski definition) is 3. The molecule has 6 heteroatoms. The van der Waals surface area contributed by atoms with E-state index in [1.165, 1.54) is 166 Å². The third kappa shape index (κ3) is 12.2. The van der Waals surface area contributed by atoms with Gasteiger partial charge in [0.15, 0.2) is 0 Å². The highest BCUT2D eigenvalue weighted by Crippen LogP contribution is 2.56. The van der Waals surface area contributed by atoms with Crippen LogP contribution in [0.25, 0.3) is 194 Å². The molecule has 0 unspecified atom stereocenters. The zero-order chi connectivity index (χ0) is 86.8. The van der Waals surface area contributed by atoms with Gasteiger partial charge in [-0.05, 0) is 263 Å². The third-order valence-corrected chi connectivity index (χ3v) is 29.3. The first kappa shape index (κ1) is 76.8. The summed E-state index contributed by atoms with van der Waals surface area (Å²) in [4.78, 5) is 15.3. The topological polar surface area (TPSA) is 53.5 Å². The van der Waals surface area contributed by atoms with Crippen LogP contribution in [-0.2, 0) is 41.9 Å². The van der Waals surface area contributed by atoms with Crippen molar-refractivity contribution in [3.63, 3.8) is 0 Å². The van der Waals surface area contributed by atoms with Gasteiger partial charge in [0.1, 0.15) is 0 Å². The van der Waals surface area contributed by atoms with Gasteiger partial charge in [-0.3, -0.25) is 15.0 Å². The molecule has 130 heavy (non-hydrogen) atoms. The maximum absolute atomic E-state index is 5.26. The Bertz CT molecular complexity index is 8130. The van der Waals surface area contributed by atoms with Crippen molar-refractivity contribution in [1.82, 2.24) is 28.7 Å². The molecule has 25 rings (SSSR count). The van der Waals surface area contributed by atoms with Crippen LogP contribution in [0, 0.1) is 0 Å². The predicted molar refractivity (Wildman–Crippen MR) is 541 cm³/mol. The summed E-state index contributed by atoms with van der Waals surface area (Å²) in [5, 5.41) is 7.40. The number of aromatic nitrogens is 6. The van der Waals surface area contributed by atoms with Crippen LogP contribution in [-0.4, -0.2) is 28.7 Å². The van der Waals surface area contributed by atoms with E-state index in [0.29, 0.717) is 0 Å². The van der Waals surface area contributed by atoms with E-state index in [-0.39, 0.29) is 16.2 Å². The molecule has 0 saturated carbocycles. The van der Waals surface area contributed by atoms with E-state index in [1.54, 1.807) is 0 Å². The van der Waals surface area contributed by atoms with Crippen LogP contribution in [0.5, 0.6) is 0 Å². The van der Waals surface area contributed by atoms with Crippen molar-refractivity contribution in [3.05, 3.63) is 456 Å². The standard InChI is InChI=1S/C124H92N6/c1-122(2)104-38-18-12-32-91(104)98-71-101-94-35-15-21-43-113(94)128(119(101)74-107(98)122)116-68-85(110-41-24-26-61-125-110)56-54-82(116)48-46-77-64-78(47-49-83-55-57-86(111-42-25-27-62-126-111)69-117(83)129-114-44-22-16-36-95(114)102-72-99-92-33-13-19-39-105(92)123(3,4)108(99)75-120(102)129)66-88(65-77)89-30-10-11-31-90(89)97-59-58-87(112-67-84(60-63-127-112)81-52-50-80(51-53-81)79-28-8-7-9-29-79)70-118(97)130-115-45-23-17-37-96(115)103-73-100-93-34-14-20-40-106(93)124(5,6)109(100)76-121(103)130/h7-45,50-76H,46-49H2,1-6H3. The molecule has 3 aliphatic carbocycles. The molecule has 0 atom stereocenters. The monoisotopic (exact) mass is 1660 g/mol. The van der Waals surface area contributed by atoms with Crippen molar-refractivity contribution in [3.8, 4) is 129 Å². The largest absolute Gasteiger partial charge is 0.309 e. The third-order valence-electron chi connectivity index (χ3n) is 29.3. The number of rotatable bonds is 16. The Hall–Kier alpha value is -15.6. The number of pyridine rings is 3. The van der Waals surface area contributed by atoms with E-state index < -0.39 is 0 Å². The fourth-order valence-electron chi connectivity index (χ4n) is 22.7. The molecule has 0 bridgehead atoms. The smallest absolute Gasteiger partial charge is 0.0708 e. The van der Waals surface area contributed by atoms with Gasteiger partial charge in [-0.25, -0.2) is 0 Å². The maximum Gasteiger partial charge on any atom is 0.0708 e. The van der Waals surface area contributed by atoms with Crippen molar-refractivity contribution >= 4 is 65.4 Å². The fraction of sp³-hybridized carbons (Fsp3) is 0.105. The number of aryl methyl sites for hydroxylation is 4. The van der Waals surface area contributed by atoms with Gasteiger partial charge in [0.05, 0.1) is 67.2 Å². The summed E-state index contributed by atoms with van der Waals surface area (Å²) >= 11 is 0. The van der Waals surface area contributed by atoms with Gasteiger partial charge in [0.25, 0.3) is 0 Å². The Balaban J connectivity index is 0.678. The van der Waals surface area contributed by atoms with Gasteiger partial charge < -0.3 is 13.7 Å². The van der Waals surface area contributed by atoms with E-state index in [4.69, 9.17) is 15.0 Å². The Morgan fingerprint density at radius 2 is 0.554 bits per heavy atom. The van der Waals surface area contributed by atoms with Crippen LogP contribution in [0.15, 0.2) is 401 Å². The maximum atomic E-state index is 5.26. The molecule has 16 aromatic carbocycles. The first-order chi connectivity index (χ1) is 63.7. The van der Waals surface area contributed by atoms with Crippen LogP contribution in [0.4, 0.5) is 0 Å². The molecule has 22 aromatic rings. The quantitative estimate of drug-likeness (QED) is 0.0969. The van der Waals surface area contributed by atoms with Crippen LogP contribution in [0.1, 0.15) is 97.2 Å². The summed E-state index contributed by atoms with van der Waals surface area (Å²) in [5.41, 5.74) is 46.1. The molecule has 6 aromatic heterocycles. The van der Waals surface area contributed by atoms with Crippen LogP contribution >= 0.6 is 0 Å². The molecular weight excluding hydrogens is 1570 g/mol. The summed E-state index contributed by atoms with van der Waals surface area (Å²) in [6.07, 6.45) is 8.85. The van der Waals surface area contributed by atoms with Crippen LogP contribution in [0.3, 0.4) is 0 Å². The number of fused-ring (bicyclic) bond motifs is 18. The van der Waals surface area contributed by atoms with Gasteiger partial charge in [0, 0.05) is 89.4 Å². The summed E-state index contributed by atoms with van der Waals surface area (Å²) in [5.74, 6) is 0. The average Bonchev–Trinajstić information content (AvgIpc) is 1.55. The summed E-state index contributed by atoms with van der Waals surface area (Å²) in [7, 11) is 0. The van der Waals surface area contributed by atoms with Crippen LogP contribution in [0.2, 0.25) is 0 Å². The molecule has 0 N–H and O–H groups in total. The predicted octanol–water partition coefficient (Wildman–Crippen LogP) is 31.3.